The van der Waals surface area contributed by atoms with E-state index in [0.717, 1.165) is 19.3 Å². The van der Waals surface area contributed by atoms with Gasteiger partial charge in [-0.1, -0.05) is 26.7 Å². The first-order valence-electron chi connectivity index (χ1n) is 5.73. The lowest BCUT2D eigenvalue weighted by Gasteiger charge is -2.20. The molecule has 1 saturated heterocycles. The molecule has 1 heterocycles. The number of cyclic esters (lactones) is 1. The molecule has 15 heavy (non-hydrogen) atoms. The third kappa shape index (κ3) is 4.08. The van der Waals surface area contributed by atoms with Crippen LogP contribution >= 0.6 is 0 Å². The summed E-state index contributed by atoms with van der Waals surface area (Å²) in [6.07, 6.45) is 2.31. The molecule has 0 aliphatic carbocycles. The van der Waals surface area contributed by atoms with E-state index in [4.69, 9.17) is 4.74 Å². The lowest BCUT2D eigenvalue weighted by molar-refractivity contribution is 0.101. The molecule has 4 nitrogen and oxygen atoms in total. The normalized spacial score (nSPS) is 20.2. The van der Waals surface area contributed by atoms with Gasteiger partial charge in [-0.2, -0.15) is 0 Å². The fourth-order valence-corrected chi connectivity index (χ4v) is 2.00. The summed E-state index contributed by atoms with van der Waals surface area (Å²) < 4.78 is 4.79. The molecule has 2 atom stereocenters. The number of amides is 1. The van der Waals surface area contributed by atoms with E-state index >= 15 is 0 Å². The number of rotatable bonds is 6. The zero-order valence-electron chi connectivity index (χ0n) is 9.61. The van der Waals surface area contributed by atoms with Crippen LogP contribution in [0.25, 0.3) is 0 Å². The highest BCUT2D eigenvalue weighted by atomic mass is 16.6. The summed E-state index contributed by atoms with van der Waals surface area (Å²) in [4.78, 5) is 12.7. The molecule has 0 spiro atoms. The third-order valence-electron chi connectivity index (χ3n) is 2.73. The van der Waals surface area contributed by atoms with Crippen molar-refractivity contribution in [3.05, 3.63) is 0 Å². The third-order valence-corrected chi connectivity index (χ3v) is 2.73. The number of aliphatic hydroxyl groups excluding tert-OH is 1. The molecule has 1 fully saturated rings. The van der Waals surface area contributed by atoms with Crippen LogP contribution in [0.15, 0.2) is 0 Å². The standard InChI is InChI=1S/C11H21NO3/c1-3-4-9(2)7-10(13)8-12-5-6-15-11(12)14/h9-10,13H,3-8H2,1-2H3. The summed E-state index contributed by atoms with van der Waals surface area (Å²) in [5.41, 5.74) is 0. The molecule has 1 rings (SSSR count). The van der Waals surface area contributed by atoms with Crippen LogP contribution in [-0.2, 0) is 4.74 Å². The maximum atomic E-state index is 11.1. The SMILES string of the molecule is CCCC(C)CC(O)CN1CCOC1=O. The molecule has 1 aliphatic heterocycles. The van der Waals surface area contributed by atoms with Crippen molar-refractivity contribution in [2.24, 2.45) is 5.92 Å². The Labute approximate surface area is 91.2 Å². The van der Waals surface area contributed by atoms with Gasteiger partial charge in [-0.25, -0.2) is 4.79 Å². The summed E-state index contributed by atoms with van der Waals surface area (Å²) >= 11 is 0. The van der Waals surface area contributed by atoms with Crippen molar-refractivity contribution in [1.29, 1.82) is 0 Å². The topological polar surface area (TPSA) is 49.8 Å². The quantitative estimate of drug-likeness (QED) is 0.732. The Morgan fingerprint density at radius 3 is 2.87 bits per heavy atom. The number of hydrogen-bond acceptors (Lipinski definition) is 3. The van der Waals surface area contributed by atoms with E-state index in [0.29, 0.717) is 25.6 Å². The molecule has 0 aromatic carbocycles. The van der Waals surface area contributed by atoms with Crippen LogP contribution in [0.4, 0.5) is 4.79 Å². The highest BCUT2D eigenvalue weighted by Crippen LogP contribution is 2.14. The minimum absolute atomic E-state index is 0.294. The number of nitrogens with zero attached hydrogens (tertiary/aromatic N) is 1. The van der Waals surface area contributed by atoms with Gasteiger partial charge in [0, 0.05) is 0 Å². The fraction of sp³-hybridized carbons (Fsp3) is 0.909. The minimum Gasteiger partial charge on any atom is -0.448 e. The smallest absolute Gasteiger partial charge is 0.410 e. The van der Waals surface area contributed by atoms with Crippen LogP contribution in [0.2, 0.25) is 0 Å². The highest BCUT2D eigenvalue weighted by Gasteiger charge is 2.24. The lowest BCUT2D eigenvalue weighted by atomic mass is 9.98. The van der Waals surface area contributed by atoms with Gasteiger partial charge in [0.2, 0.25) is 0 Å². The molecule has 0 saturated carbocycles. The first-order valence-corrected chi connectivity index (χ1v) is 5.73. The van der Waals surface area contributed by atoms with Crippen molar-refractivity contribution in [3.8, 4) is 0 Å². The Kier molecular flexibility index (Phi) is 4.88. The number of β-amino-alcohol motifs (C(OH)–C–C–N with tert-alkyl or cyclic N) is 1. The molecular formula is C11H21NO3. The van der Waals surface area contributed by atoms with E-state index < -0.39 is 6.10 Å². The van der Waals surface area contributed by atoms with E-state index in [1.165, 1.54) is 0 Å². The predicted octanol–water partition coefficient (Wildman–Crippen LogP) is 1.63. The van der Waals surface area contributed by atoms with Crippen LogP contribution in [-0.4, -0.2) is 41.9 Å². The Balaban J connectivity index is 2.22. The van der Waals surface area contributed by atoms with Gasteiger partial charge < -0.3 is 14.7 Å². The average molecular weight is 215 g/mol. The summed E-state index contributed by atoms with van der Waals surface area (Å²) in [5, 5.41) is 9.77. The van der Waals surface area contributed by atoms with Gasteiger partial charge in [0.25, 0.3) is 0 Å². The first-order chi connectivity index (χ1) is 7.13. The summed E-state index contributed by atoms with van der Waals surface area (Å²) in [6, 6.07) is 0. The number of aliphatic hydroxyl groups is 1. The number of carbonyl (C=O) groups excluding carboxylic acids is 1. The molecule has 0 bridgehead atoms. The fourth-order valence-electron chi connectivity index (χ4n) is 2.00. The number of carbonyl (C=O) groups is 1. The summed E-state index contributed by atoms with van der Waals surface area (Å²) in [6.45, 7) is 5.75. The maximum absolute atomic E-state index is 11.1. The van der Waals surface area contributed by atoms with Crippen LogP contribution in [0.3, 0.4) is 0 Å². The van der Waals surface area contributed by atoms with Gasteiger partial charge in [0.1, 0.15) is 6.61 Å². The van der Waals surface area contributed by atoms with E-state index in [9.17, 15) is 9.90 Å². The van der Waals surface area contributed by atoms with Gasteiger partial charge >= 0.3 is 6.09 Å². The molecule has 2 unspecified atom stereocenters. The van der Waals surface area contributed by atoms with Crippen molar-refractivity contribution in [2.45, 2.75) is 39.2 Å². The molecule has 0 radical (unpaired) electrons. The number of ether oxygens (including phenoxy) is 1. The number of hydrogen-bond donors (Lipinski definition) is 1. The van der Waals surface area contributed by atoms with Crippen molar-refractivity contribution in [1.82, 2.24) is 4.90 Å². The van der Waals surface area contributed by atoms with E-state index in [1.54, 1.807) is 4.90 Å². The van der Waals surface area contributed by atoms with Gasteiger partial charge in [-0.05, 0) is 12.3 Å². The molecule has 88 valence electrons. The van der Waals surface area contributed by atoms with Gasteiger partial charge in [0.05, 0.1) is 19.2 Å². The molecular weight excluding hydrogens is 194 g/mol. The van der Waals surface area contributed by atoms with E-state index in [2.05, 4.69) is 13.8 Å². The maximum Gasteiger partial charge on any atom is 0.410 e. The molecule has 0 aromatic heterocycles. The Morgan fingerprint density at radius 1 is 1.60 bits per heavy atom. The molecule has 1 amide bonds. The van der Waals surface area contributed by atoms with Crippen LogP contribution in [0.5, 0.6) is 0 Å². The Morgan fingerprint density at radius 2 is 2.33 bits per heavy atom. The first kappa shape index (κ1) is 12.3. The molecule has 1 aliphatic rings. The monoisotopic (exact) mass is 215 g/mol. The van der Waals surface area contributed by atoms with Crippen molar-refractivity contribution < 1.29 is 14.6 Å². The van der Waals surface area contributed by atoms with Gasteiger partial charge in [-0.3, -0.25) is 0 Å². The zero-order valence-corrected chi connectivity index (χ0v) is 9.61. The lowest BCUT2D eigenvalue weighted by Crippen LogP contribution is -2.33. The van der Waals surface area contributed by atoms with Crippen molar-refractivity contribution in [3.63, 3.8) is 0 Å². The Bertz CT molecular complexity index is 208. The van der Waals surface area contributed by atoms with Gasteiger partial charge in [-0.15, -0.1) is 0 Å². The molecule has 4 heteroatoms. The average Bonchev–Trinajstić information content (AvgIpc) is 2.52. The molecule has 1 N–H and O–H groups in total. The minimum atomic E-state index is -0.419. The van der Waals surface area contributed by atoms with Crippen LogP contribution in [0, 0.1) is 5.92 Å². The molecule has 0 aromatic rings. The predicted molar refractivity (Wildman–Crippen MR) is 57.6 cm³/mol. The largest absolute Gasteiger partial charge is 0.448 e. The van der Waals surface area contributed by atoms with Crippen molar-refractivity contribution in [2.75, 3.05) is 19.7 Å². The van der Waals surface area contributed by atoms with Crippen molar-refractivity contribution >= 4 is 6.09 Å². The van der Waals surface area contributed by atoms with E-state index in [1.807, 2.05) is 0 Å². The zero-order chi connectivity index (χ0) is 11.3. The van der Waals surface area contributed by atoms with E-state index in [-0.39, 0.29) is 6.09 Å². The van der Waals surface area contributed by atoms with Crippen LogP contribution < -0.4 is 0 Å². The second-order valence-electron chi connectivity index (χ2n) is 4.34. The highest BCUT2D eigenvalue weighted by molar-refractivity contribution is 5.69. The Hall–Kier alpha value is -0.770. The van der Waals surface area contributed by atoms with Gasteiger partial charge in [0.15, 0.2) is 0 Å². The second-order valence-corrected chi connectivity index (χ2v) is 4.34. The summed E-state index contributed by atoms with van der Waals surface area (Å²) in [5.74, 6) is 0.517. The summed E-state index contributed by atoms with van der Waals surface area (Å²) in [7, 11) is 0. The van der Waals surface area contributed by atoms with Crippen LogP contribution in [0.1, 0.15) is 33.1 Å². The second kappa shape index (κ2) is 5.95.